The summed E-state index contributed by atoms with van der Waals surface area (Å²) in [7, 11) is -4.05. The van der Waals surface area contributed by atoms with Gasteiger partial charge in [-0.1, -0.05) is 66.2 Å². The molecule has 0 aliphatic rings. The molecule has 0 aromatic heterocycles. The van der Waals surface area contributed by atoms with Crippen molar-refractivity contribution >= 4 is 27.6 Å². The van der Waals surface area contributed by atoms with Crippen LogP contribution < -0.4 is 4.72 Å². The first kappa shape index (κ1) is 23.0. The molecule has 3 aromatic rings. The molecule has 8 heteroatoms. The summed E-state index contributed by atoms with van der Waals surface area (Å²) in [5.74, 6) is -0.875. The summed E-state index contributed by atoms with van der Waals surface area (Å²) in [5.41, 5.74) is 2.82. The van der Waals surface area contributed by atoms with E-state index in [0.717, 1.165) is 16.7 Å². The molecule has 3 rings (SSSR count). The van der Waals surface area contributed by atoms with Crippen LogP contribution >= 0.6 is 11.6 Å². The molecule has 2 unspecified atom stereocenters. The smallest absolute Gasteiger partial charge is 0.327 e. The minimum atomic E-state index is -4.05. The van der Waals surface area contributed by atoms with Gasteiger partial charge in [0.25, 0.3) is 0 Å². The van der Waals surface area contributed by atoms with Gasteiger partial charge in [0.2, 0.25) is 10.0 Å². The fourth-order valence-electron chi connectivity index (χ4n) is 2.86. The van der Waals surface area contributed by atoms with E-state index in [0.29, 0.717) is 5.02 Å². The van der Waals surface area contributed by atoms with Crippen molar-refractivity contribution in [2.75, 3.05) is 0 Å². The van der Waals surface area contributed by atoms with Gasteiger partial charge in [0.15, 0.2) is 0 Å². The monoisotopic (exact) mass is 459 g/mol. The highest BCUT2D eigenvalue weighted by Crippen LogP contribution is 2.20. The average molecular weight is 460 g/mol. The van der Waals surface area contributed by atoms with Gasteiger partial charge in [-0.2, -0.15) is 4.72 Å². The van der Waals surface area contributed by atoms with E-state index in [1.54, 1.807) is 0 Å². The first-order chi connectivity index (χ1) is 14.8. The molecule has 31 heavy (non-hydrogen) atoms. The van der Waals surface area contributed by atoms with Crippen molar-refractivity contribution in [2.24, 2.45) is 0 Å². The fourth-order valence-corrected chi connectivity index (χ4v) is 4.24. The number of aliphatic hydroxyl groups is 1. The Labute approximate surface area is 186 Å². The van der Waals surface area contributed by atoms with E-state index in [-0.39, 0.29) is 11.5 Å². The second-order valence-corrected chi connectivity index (χ2v) is 9.11. The summed E-state index contributed by atoms with van der Waals surface area (Å²) in [6, 6.07) is 21.3. The largest absolute Gasteiger partial charge is 0.460 e. The van der Waals surface area contributed by atoms with Gasteiger partial charge >= 0.3 is 5.97 Å². The number of carbonyl (C=O) groups is 1. The molecular formula is C23H22ClNO5S. The summed E-state index contributed by atoms with van der Waals surface area (Å²) >= 11 is 5.78. The Kier molecular flexibility index (Phi) is 7.46. The Morgan fingerprint density at radius 1 is 0.968 bits per heavy atom. The predicted octanol–water partition coefficient (Wildman–Crippen LogP) is 3.78. The maximum atomic E-state index is 12.5. The molecule has 0 heterocycles. The van der Waals surface area contributed by atoms with Crippen LogP contribution in [0.5, 0.6) is 0 Å². The van der Waals surface area contributed by atoms with Crippen molar-refractivity contribution in [3.63, 3.8) is 0 Å². The van der Waals surface area contributed by atoms with Crippen molar-refractivity contribution in [1.29, 1.82) is 0 Å². The minimum Gasteiger partial charge on any atom is -0.460 e. The first-order valence-electron chi connectivity index (χ1n) is 9.53. The van der Waals surface area contributed by atoms with Crippen LogP contribution in [0.2, 0.25) is 5.02 Å². The minimum absolute atomic E-state index is 0.0558. The molecule has 0 amide bonds. The molecule has 6 nitrogen and oxygen atoms in total. The Hall–Kier alpha value is -2.71. The Morgan fingerprint density at radius 2 is 1.55 bits per heavy atom. The summed E-state index contributed by atoms with van der Waals surface area (Å²) in [6.45, 7) is 1.25. The second-order valence-electron chi connectivity index (χ2n) is 6.96. The number of sulfonamides is 1. The van der Waals surface area contributed by atoms with Gasteiger partial charge in [0, 0.05) is 5.02 Å². The van der Waals surface area contributed by atoms with Gasteiger partial charge in [-0.25, -0.2) is 8.42 Å². The number of halogens is 1. The topological polar surface area (TPSA) is 92.7 Å². The predicted molar refractivity (Wildman–Crippen MR) is 119 cm³/mol. The Morgan fingerprint density at radius 3 is 2.13 bits per heavy atom. The van der Waals surface area contributed by atoms with Gasteiger partial charge in [0.1, 0.15) is 12.6 Å². The molecule has 0 saturated carbocycles. The van der Waals surface area contributed by atoms with Gasteiger partial charge in [-0.15, -0.1) is 0 Å². The highest BCUT2D eigenvalue weighted by molar-refractivity contribution is 7.89. The van der Waals surface area contributed by atoms with Crippen molar-refractivity contribution in [2.45, 2.75) is 30.6 Å². The Balaban J connectivity index is 1.65. The van der Waals surface area contributed by atoms with Crippen LogP contribution in [0.3, 0.4) is 0 Å². The van der Waals surface area contributed by atoms with Gasteiger partial charge in [-0.3, -0.25) is 4.79 Å². The SMILES string of the molecule is CC(O)C(NS(=O)(=O)c1ccc(Cl)cc1)C(=O)OCc1ccc(-c2ccccc2)cc1. The highest BCUT2D eigenvalue weighted by Gasteiger charge is 2.31. The molecule has 162 valence electrons. The number of hydrogen-bond donors (Lipinski definition) is 2. The van der Waals surface area contributed by atoms with Crippen molar-refractivity contribution < 1.29 is 23.1 Å². The number of hydrogen-bond acceptors (Lipinski definition) is 5. The van der Waals surface area contributed by atoms with E-state index in [1.165, 1.54) is 31.2 Å². The molecule has 0 aliphatic carbocycles. The molecule has 2 atom stereocenters. The Bertz CT molecular complexity index is 1110. The summed E-state index contributed by atoms with van der Waals surface area (Å²) in [4.78, 5) is 12.4. The lowest BCUT2D eigenvalue weighted by Crippen LogP contribution is -2.48. The first-order valence-corrected chi connectivity index (χ1v) is 11.4. The molecule has 0 fully saturated rings. The molecule has 0 aliphatic heterocycles. The molecule has 0 radical (unpaired) electrons. The van der Waals surface area contributed by atoms with E-state index >= 15 is 0 Å². The van der Waals surface area contributed by atoms with Crippen molar-refractivity contribution in [3.8, 4) is 11.1 Å². The lowest BCUT2D eigenvalue weighted by atomic mass is 10.0. The quantitative estimate of drug-likeness (QED) is 0.500. The number of rotatable bonds is 8. The third kappa shape index (κ3) is 6.15. The van der Waals surface area contributed by atoms with Gasteiger partial charge in [0.05, 0.1) is 11.0 Å². The molecular weight excluding hydrogens is 438 g/mol. The zero-order valence-corrected chi connectivity index (χ0v) is 18.3. The van der Waals surface area contributed by atoms with E-state index in [2.05, 4.69) is 4.72 Å². The maximum absolute atomic E-state index is 12.5. The molecule has 0 spiro atoms. The maximum Gasteiger partial charge on any atom is 0.327 e. The fraction of sp³-hybridized carbons (Fsp3) is 0.174. The number of ether oxygens (including phenoxy) is 1. The zero-order valence-electron chi connectivity index (χ0n) is 16.7. The van der Waals surface area contributed by atoms with Gasteiger partial charge in [-0.05, 0) is 47.9 Å². The second kappa shape index (κ2) is 10.1. The molecule has 2 N–H and O–H groups in total. The summed E-state index contributed by atoms with van der Waals surface area (Å²) in [5, 5.41) is 10.3. The number of nitrogens with one attached hydrogen (secondary N) is 1. The third-order valence-electron chi connectivity index (χ3n) is 4.58. The molecule has 3 aromatic carbocycles. The van der Waals surface area contributed by atoms with Crippen LogP contribution in [0.1, 0.15) is 12.5 Å². The van der Waals surface area contributed by atoms with Crippen LogP contribution in [0, 0.1) is 0 Å². The number of aliphatic hydroxyl groups excluding tert-OH is 1. The average Bonchev–Trinajstić information content (AvgIpc) is 2.77. The van der Waals surface area contributed by atoms with Crippen LogP contribution in [0.25, 0.3) is 11.1 Å². The van der Waals surface area contributed by atoms with Crippen molar-refractivity contribution in [3.05, 3.63) is 89.4 Å². The van der Waals surface area contributed by atoms with Crippen LogP contribution in [0.4, 0.5) is 0 Å². The lowest BCUT2D eigenvalue weighted by molar-refractivity contribution is -0.149. The van der Waals surface area contributed by atoms with E-state index in [1.807, 2.05) is 54.6 Å². The lowest BCUT2D eigenvalue weighted by Gasteiger charge is -2.20. The number of carbonyl (C=O) groups excluding carboxylic acids is 1. The van der Waals surface area contributed by atoms with Gasteiger partial charge < -0.3 is 9.84 Å². The molecule has 0 bridgehead atoms. The van der Waals surface area contributed by atoms with Crippen molar-refractivity contribution in [1.82, 2.24) is 4.72 Å². The normalized spacial score (nSPS) is 13.4. The van der Waals surface area contributed by atoms with Crippen LogP contribution in [-0.2, 0) is 26.2 Å². The third-order valence-corrected chi connectivity index (χ3v) is 6.29. The summed E-state index contributed by atoms with van der Waals surface area (Å²) in [6.07, 6.45) is -1.30. The van der Waals surface area contributed by atoms with Crippen LogP contribution in [-0.4, -0.2) is 31.6 Å². The summed E-state index contributed by atoms with van der Waals surface area (Å²) < 4.78 is 32.5. The number of benzene rings is 3. The number of esters is 1. The highest BCUT2D eigenvalue weighted by atomic mass is 35.5. The zero-order chi connectivity index (χ0) is 22.4. The standard InChI is InChI=1S/C23H22ClNO5S/c1-16(26)22(25-31(28,29)21-13-11-20(24)12-14-21)23(27)30-15-17-7-9-19(10-8-17)18-5-3-2-4-6-18/h2-14,16,22,25-26H,15H2,1H3. The van der Waals surface area contributed by atoms with E-state index in [4.69, 9.17) is 16.3 Å². The van der Waals surface area contributed by atoms with E-state index in [9.17, 15) is 18.3 Å². The molecule has 0 saturated heterocycles. The van der Waals surface area contributed by atoms with E-state index < -0.39 is 28.1 Å². The van der Waals surface area contributed by atoms with Crippen LogP contribution in [0.15, 0.2) is 83.8 Å².